The van der Waals surface area contributed by atoms with E-state index in [9.17, 15) is 0 Å². The van der Waals surface area contributed by atoms with Gasteiger partial charge in [-0.1, -0.05) is 22.6 Å². The number of ether oxygens (including phenoxy) is 1. The minimum Gasteiger partial charge on any atom is -0.380 e. The van der Waals surface area contributed by atoms with Crippen LogP contribution in [0.5, 0.6) is 0 Å². The third kappa shape index (κ3) is 6.71. The third-order valence-electron chi connectivity index (χ3n) is 2.82. The zero-order valence-electron chi connectivity index (χ0n) is 9.75. The Labute approximate surface area is 107 Å². The van der Waals surface area contributed by atoms with Gasteiger partial charge in [-0.15, -0.1) is 0 Å². The number of hydrogen-bond acceptors (Lipinski definition) is 3. The average molecular weight is 326 g/mol. The summed E-state index contributed by atoms with van der Waals surface area (Å²) in [5, 5.41) is 0. The van der Waals surface area contributed by atoms with E-state index in [4.69, 9.17) is 4.74 Å². The Morgan fingerprint density at radius 1 is 1.07 bits per heavy atom. The maximum atomic E-state index is 5.61. The number of unbranched alkanes of at least 4 members (excludes halogenated alkanes) is 1. The molecule has 0 bridgehead atoms. The minimum absolute atomic E-state index is 0.908. The van der Waals surface area contributed by atoms with Crippen LogP contribution < -0.4 is 0 Å². The highest BCUT2D eigenvalue weighted by Crippen LogP contribution is 1.99. The Kier molecular flexibility index (Phi) is 7.96. The molecule has 0 saturated carbocycles. The van der Waals surface area contributed by atoms with E-state index in [-0.39, 0.29) is 0 Å². The molecule has 1 aliphatic rings. The molecule has 1 rings (SSSR count). The number of piperazine rings is 1. The largest absolute Gasteiger partial charge is 0.380 e. The van der Waals surface area contributed by atoms with Gasteiger partial charge in [-0.3, -0.25) is 4.90 Å². The van der Waals surface area contributed by atoms with E-state index in [0.717, 1.165) is 19.8 Å². The highest BCUT2D eigenvalue weighted by atomic mass is 127. The van der Waals surface area contributed by atoms with Crippen LogP contribution in [0.15, 0.2) is 0 Å². The highest BCUT2D eigenvalue weighted by molar-refractivity contribution is 14.1. The Morgan fingerprint density at radius 3 is 2.47 bits per heavy atom. The lowest BCUT2D eigenvalue weighted by Crippen LogP contribution is -2.45. The van der Waals surface area contributed by atoms with Gasteiger partial charge < -0.3 is 9.64 Å². The molecule has 0 amide bonds. The van der Waals surface area contributed by atoms with Crippen LogP contribution in [0.25, 0.3) is 0 Å². The molecule has 0 aromatic carbocycles. The van der Waals surface area contributed by atoms with Crippen molar-refractivity contribution in [3.05, 3.63) is 0 Å². The van der Waals surface area contributed by atoms with Crippen molar-refractivity contribution in [3.8, 4) is 0 Å². The van der Waals surface area contributed by atoms with Crippen LogP contribution >= 0.6 is 22.6 Å². The molecule has 0 unspecified atom stereocenters. The first-order valence-electron chi connectivity index (χ1n) is 5.87. The Bertz CT molecular complexity index is 150. The lowest BCUT2D eigenvalue weighted by Gasteiger charge is -2.32. The smallest absolute Gasteiger partial charge is 0.0593 e. The summed E-state index contributed by atoms with van der Waals surface area (Å²) in [5.74, 6) is 0. The van der Waals surface area contributed by atoms with Crippen molar-refractivity contribution in [2.24, 2.45) is 0 Å². The Morgan fingerprint density at radius 2 is 1.80 bits per heavy atom. The second-order valence-corrected chi connectivity index (χ2v) is 5.23. The van der Waals surface area contributed by atoms with Crippen LogP contribution in [0.1, 0.15) is 12.8 Å². The fourth-order valence-corrected chi connectivity index (χ4v) is 2.21. The predicted octanol–water partition coefficient (Wildman–Crippen LogP) is 1.47. The third-order valence-corrected chi connectivity index (χ3v) is 3.58. The van der Waals surface area contributed by atoms with E-state index in [1.54, 1.807) is 0 Å². The first-order chi connectivity index (χ1) is 7.33. The van der Waals surface area contributed by atoms with E-state index in [0.29, 0.717) is 0 Å². The quantitative estimate of drug-likeness (QED) is 0.400. The molecule has 1 saturated heterocycles. The molecular formula is C11H23IN2O. The number of halogens is 1. The van der Waals surface area contributed by atoms with E-state index in [1.807, 2.05) is 0 Å². The summed E-state index contributed by atoms with van der Waals surface area (Å²) in [5.41, 5.74) is 0. The number of nitrogens with zero attached hydrogens (tertiary/aromatic N) is 2. The second kappa shape index (κ2) is 8.73. The first kappa shape index (κ1) is 13.7. The van der Waals surface area contributed by atoms with E-state index in [1.165, 1.54) is 43.4 Å². The Balaban J connectivity index is 1.87. The summed E-state index contributed by atoms with van der Waals surface area (Å²) >= 11 is 2.42. The number of rotatable bonds is 7. The van der Waals surface area contributed by atoms with Crippen molar-refractivity contribution in [2.45, 2.75) is 12.8 Å². The van der Waals surface area contributed by atoms with Crippen LogP contribution in [0.4, 0.5) is 0 Å². The van der Waals surface area contributed by atoms with Crippen molar-refractivity contribution in [3.63, 3.8) is 0 Å². The van der Waals surface area contributed by atoms with Gasteiger partial charge in [-0.05, 0) is 24.3 Å². The van der Waals surface area contributed by atoms with Crippen LogP contribution in [0, 0.1) is 0 Å². The van der Waals surface area contributed by atoms with Gasteiger partial charge in [-0.2, -0.15) is 0 Å². The van der Waals surface area contributed by atoms with Gasteiger partial charge in [0.25, 0.3) is 0 Å². The van der Waals surface area contributed by atoms with E-state index >= 15 is 0 Å². The first-order valence-corrected chi connectivity index (χ1v) is 7.40. The van der Waals surface area contributed by atoms with Gasteiger partial charge in [0, 0.05) is 39.3 Å². The fourth-order valence-electron chi connectivity index (χ4n) is 1.67. The molecule has 1 aliphatic heterocycles. The van der Waals surface area contributed by atoms with Crippen LogP contribution in [0.3, 0.4) is 0 Å². The lowest BCUT2D eigenvalue weighted by atomic mass is 10.3. The minimum atomic E-state index is 0.908. The highest BCUT2D eigenvalue weighted by Gasteiger charge is 2.12. The van der Waals surface area contributed by atoms with Crippen molar-refractivity contribution in [2.75, 3.05) is 57.4 Å². The molecular weight excluding hydrogens is 303 g/mol. The summed E-state index contributed by atoms with van der Waals surface area (Å²) < 4.78 is 6.86. The van der Waals surface area contributed by atoms with Crippen LogP contribution in [0.2, 0.25) is 0 Å². The summed E-state index contributed by atoms with van der Waals surface area (Å²) in [6, 6.07) is 0. The maximum Gasteiger partial charge on any atom is 0.0593 e. The molecule has 0 aromatic rings. The lowest BCUT2D eigenvalue weighted by molar-refractivity contribution is 0.0807. The van der Waals surface area contributed by atoms with E-state index in [2.05, 4.69) is 39.4 Å². The summed E-state index contributed by atoms with van der Waals surface area (Å²) in [6.07, 6.45) is 2.50. The molecule has 1 fully saturated rings. The molecule has 3 nitrogen and oxygen atoms in total. The van der Waals surface area contributed by atoms with Crippen molar-refractivity contribution in [1.29, 1.82) is 0 Å². The van der Waals surface area contributed by atoms with Gasteiger partial charge in [0.1, 0.15) is 0 Å². The molecule has 0 aliphatic carbocycles. The van der Waals surface area contributed by atoms with Gasteiger partial charge in [-0.25, -0.2) is 0 Å². The summed E-state index contributed by atoms with van der Waals surface area (Å²) in [4.78, 5) is 4.89. The van der Waals surface area contributed by atoms with Gasteiger partial charge >= 0.3 is 0 Å². The molecule has 15 heavy (non-hydrogen) atoms. The average Bonchev–Trinajstić information content (AvgIpc) is 2.26. The monoisotopic (exact) mass is 326 g/mol. The van der Waals surface area contributed by atoms with Crippen LogP contribution in [-0.2, 0) is 4.74 Å². The summed E-state index contributed by atoms with van der Waals surface area (Å²) in [6.45, 7) is 7.77. The molecule has 1 heterocycles. The zero-order valence-corrected chi connectivity index (χ0v) is 11.9. The number of hydrogen-bond donors (Lipinski definition) is 0. The van der Waals surface area contributed by atoms with Gasteiger partial charge in [0.15, 0.2) is 0 Å². The van der Waals surface area contributed by atoms with Gasteiger partial charge in [0.05, 0.1) is 6.61 Å². The molecule has 90 valence electrons. The topological polar surface area (TPSA) is 15.7 Å². The molecule has 0 radical (unpaired) electrons. The molecule has 0 spiro atoms. The number of alkyl halides is 1. The zero-order chi connectivity index (χ0) is 10.9. The standard InChI is InChI=1S/C11H23IN2O/c1-13-5-7-14(8-6-13)9-11-15-10-3-2-4-12/h2-11H2,1H3. The van der Waals surface area contributed by atoms with Crippen molar-refractivity contribution >= 4 is 22.6 Å². The molecule has 0 atom stereocenters. The van der Waals surface area contributed by atoms with Crippen molar-refractivity contribution in [1.82, 2.24) is 9.80 Å². The maximum absolute atomic E-state index is 5.61. The molecule has 4 heteroatoms. The van der Waals surface area contributed by atoms with Crippen LogP contribution in [-0.4, -0.2) is 67.2 Å². The number of likely N-dealkylation sites (N-methyl/N-ethyl adjacent to an activating group) is 1. The summed E-state index contributed by atoms with van der Waals surface area (Å²) in [7, 11) is 2.19. The Hall–Kier alpha value is 0.610. The van der Waals surface area contributed by atoms with Crippen molar-refractivity contribution < 1.29 is 4.74 Å². The van der Waals surface area contributed by atoms with Gasteiger partial charge in [0.2, 0.25) is 0 Å². The predicted molar refractivity (Wildman–Crippen MR) is 72.9 cm³/mol. The molecule has 0 aromatic heterocycles. The molecule has 0 N–H and O–H groups in total. The van der Waals surface area contributed by atoms with E-state index < -0.39 is 0 Å². The second-order valence-electron chi connectivity index (χ2n) is 4.15. The SMILES string of the molecule is CN1CCN(CCOCCCCI)CC1. The fraction of sp³-hybridized carbons (Fsp3) is 1.00. The normalized spacial score (nSPS) is 19.6.